The zero-order valence-corrected chi connectivity index (χ0v) is 10.1. The van der Waals surface area contributed by atoms with E-state index in [-0.39, 0.29) is 31.0 Å². The molecule has 0 aliphatic rings. The van der Waals surface area contributed by atoms with Crippen LogP contribution in [0.3, 0.4) is 0 Å². The molecule has 1 aromatic carbocycles. The number of fused-ring (bicyclic) bond motifs is 1. The Bertz CT molecular complexity index is 618. The van der Waals surface area contributed by atoms with Gasteiger partial charge in [0.1, 0.15) is 5.75 Å². The molecule has 100 valence electrons. The van der Waals surface area contributed by atoms with Gasteiger partial charge in [0, 0.05) is 18.1 Å². The molecule has 0 atom stereocenters. The van der Waals surface area contributed by atoms with Gasteiger partial charge in [0.2, 0.25) is 5.91 Å². The van der Waals surface area contributed by atoms with E-state index < -0.39 is 5.97 Å². The molecule has 0 unspecified atom stereocenters. The Balaban J connectivity index is 2.03. The van der Waals surface area contributed by atoms with E-state index in [1.54, 1.807) is 18.3 Å². The van der Waals surface area contributed by atoms with Crippen LogP contribution in [0.1, 0.15) is 12.0 Å². The normalized spacial score (nSPS) is 10.5. The molecule has 6 heteroatoms. The largest absolute Gasteiger partial charge is 0.506 e. The highest BCUT2D eigenvalue weighted by atomic mass is 16.4. The zero-order chi connectivity index (χ0) is 13.8. The summed E-state index contributed by atoms with van der Waals surface area (Å²) in [4.78, 5) is 24.9. The molecule has 0 radical (unpaired) electrons. The van der Waals surface area contributed by atoms with Crippen molar-refractivity contribution < 1.29 is 19.8 Å². The lowest BCUT2D eigenvalue weighted by atomic mass is 10.1. The van der Waals surface area contributed by atoms with Gasteiger partial charge in [-0.05, 0) is 11.6 Å². The Morgan fingerprint density at radius 1 is 1.32 bits per heavy atom. The number of carboxylic acids is 1. The Hall–Kier alpha value is -2.50. The predicted octanol–water partition coefficient (Wildman–Crippen LogP) is 1.01. The van der Waals surface area contributed by atoms with Crippen LogP contribution in [-0.4, -0.2) is 33.6 Å². The van der Waals surface area contributed by atoms with Crippen molar-refractivity contribution >= 4 is 22.8 Å². The molecule has 1 aromatic heterocycles. The Labute approximate surface area is 109 Å². The standard InChI is InChI=1S/C13H14N2O4/c16-10-3-1-2-9-8(7-15-13(9)10)6-11(17)14-5-4-12(18)19/h1-3,7,15-16H,4-6H2,(H,14,17)(H,18,19). The van der Waals surface area contributed by atoms with Gasteiger partial charge in [0.05, 0.1) is 18.4 Å². The summed E-state index contributed by atoms with van der Waals surface area (Å²) in [6.07, 6.45) is 1.71. The SMILES string of the molecule is O=C(O)CCNC(=O)Cc1c[nH]c2c(O)cccc12. The van der Waals surface area contributed by atoms with E-state index in [1.165, 1.54) is 0 Å². The van der Waals surface area contributed by atoms with Crippen LogP contribution in [0.2, 0.25) is 0 Å². The number of hydrogen-bond acceptors (Lipinski definition) is 3. The second-order valence-electron chi connectivity index (χ2n) is 4.18. The van der Waals surface area contributed by atoms with Crippen LogP contribution in [0.25, 0.3) is 10.9 Å². The highest BCUT2D eigenvalue weighted by Gasteiger charge is 2.10. The molecule has 0 spiro atoms. The third-order valence-electron chi connectivity index (χ3n) is 2.79. The van der Waals surface area contributed by atoms with Crippen molar-refractivity contribution in [3.63, 3.8) is 0 Å². The Morgan fingerprint density at radius 2 is 2.11 bits per heavy atom. The average molecular weight is 262 g/mol. The maximum absolute atomic E-state index is 11.6. The first-order valence-corrected chi connectivity index (χ1v) is 5.84. The number of carboxylic acid groups (broad SMARTS) is 1. The molecule has 0 saturated heterocycles. The number of H-pyrrole nitrogens is 1. The first-order valence-electron chi connectivity index (χ1n) is 5.84. The maximum Gasteiger partial charge on any atom is 0.305 e. The van der Waals surface area contributed by atoms with Gasteiger partial charge >= 0.3 is 5.97 Å². The summed E-state index contributed by atoms with van der Waals surface area (Å²) in [5, 5.41) is 21.4. The molecule has 0 saturated carbocycles. The number of rotatable bonds is 5. The molecule has 4 N–H and O–H groups in total. The minimum absolute atomic E-state index is 0.0968. The second-order valence-corrected chi connectivity index (χ2v) is 4.18. The molecular formula is C13H14N2O4. The summed E-state index contributed by atoms with van der Waals surface area (Å²) in [7, 11) is 0. The number of aliphatic carboxylic acids is 1. The second kappa shape index (κ2) is 5.43. The molecule has 0 bridgehead atoms. The highest BCUT2D eigenvalue weighted by Crippen LogP contribution is 2.26. The van der Waals surface area contributed by atoms with Crippen LogP contribution in [0, 0.1) is 0 Å². The number of aromatic nitrogens is 1. The third-order valence-corrected chi connectivity index (χ3v) is 2.79. The molecule has 2 rings (SSSR count). The van der Waals surface area contributed by atoms with E-state index in [4.69, 9.17) is 5.11 Å². The number of phenols is 1. The van der Waals surface area contributed by atoms with E-state index in [0.717, 1.165) is 10.9 Å². The Morgan fingerprint density at radius 3 is 2.84 bits per heavy atom. The lowest BCUT2D eigenvalue weighted by Crippen LogP contribution is -2.27. The van der Waals surface area contributed by atoms with Gasteiger partial charge in [0.15, 0.2) is 0 Å². The minimum atomic E-state index is -0.947. The molecule has 1 heterocycles. The van der Waals surface area contributed by atoms with Gasteiger partial charge in [-0.15, -0.1) is 0 Å². The van der Waals surface area contributed by atoms with Crippen molar-refractivity contribution in [3.8, 4) is 5.75 Å². The monoisotopic (exact) mass is 262 g/mol. The highest BCUT2D eigenvalue weighted by molar-refractivity contribution is 5.91. The van der Waals surface area contributed by atoms with Crippen molar-refractivity contribution in [1.29, 1.82) is 0 Å². The number of carbonyl (C=O) groups is 2. The number of hydrogen-bond donors (Lipinski definition) is 4. The number of aromatic amines is 1. The quantitative estimate of drug-likeness (QED) is 0.645. The van der Waals surface area contributed by atoms with Crippen molar-refractivity contribution in [1.82, 2.24) is 10.3 Å². The van der Waals surface area contributed by atoms with Gasteiger partial charge in [-0.2, -0.15) is 0 Å². The van der Waals surface area contributed by atoms with Crippen LogP contribution in [0.5, 0.6) is 5.75 Å². The fraction of sp³-hybridized carbons (Fsp3) is 0.231. The maximum atomic E-state index is 11.6. The van der Waals surface area contributed by atoms with Crippen molar-refractivity contribution in [2.24, 2.45) is 0 Å². The summed E-state index contributed by atoms with van der Waals surface area (Å²) in [5.74, 6) is -1.06. The lowest BCUT2D eigenvalue weighted by Gasteiger charge is -2.02. The fourth-order valence-corrected chi connectivity index (χ4v) is 1.89. The molecule has 19 heavy (non-hydrogen) atoms. The third kappa shape index (κ3) is 3.04. The van der Waals surface area contributed by atoms with E-state index in [9.17, 15) is 14.7 Å². The summed E-state index contributed by atoms with van der Waals surface area (Å²) < 4.78 is 0. The molecule has 1 amide bonds. The van der Waals surface area contributed by atoms with Gasteiger partial charge in [-0.3, -0.25) is 9.59 Å². The first kappa shape index (κ1) is 12.9. The van der Waals surface area contributed by atoms with Gasteiger partial charge in [0.25, 0.3) is 0 Å². The number of benzene rings is 1. The minimum Gasteiger partial charge on any atom is -0.506 e. The average Bonchev–Trinajstić information content (AvgIpc) is 2.73. The van der Waals surface area contributed by atoms with E-state index in [1.807, 2.05) is 6.07 Å². The number of phenolic OH excluding ortho intramolecular Hbond substituents is 1. The summed E-state index contributed by atoms with van der Waals surface area (Å²) in [5.41, 5.74) is 1.36. The van der Waals surface area contributed by atoms with Crippen LogP contribution >= 0.6 is 0 Å². The number of amides is 1. The van der Waals surface area contributed by atoms with Gasteiger partial charge < -0.3 is 20.5 Å². The first-order chi connectivity index (χ1) is 9.08. The fourth-order valence-electron chi connectivity index (χ4n) is 1.89. The number of aromatic hydroxyl groups is 1. The lowest BCUT2D eigenvalue weighted by molar-refractivity contribution is -0.136. The number of para-hydroxylation sites is 1. The molecule has 2 aromatic rings. The van der Waals surface area contributed by atoms with Crippen LogP contribution in [0.4, 0.5) is 0 Å². The van der Waals surface area contributed by atoms with Crippen LogP contribution < -0.4 is 5.32 Å². The van der Waals surface area contributed by atoms with E-state index >= 15 is 0 Å². The van der Waals surface area contributed by atoms with E-state index in [0.29, 0.717) is 5.52 Å². The summed E-state index contributed by atoms with van der Waals surface area (Å²) in [6, 6.07) is 5.08. The van der Waals surface area contributed by atoms with Gasteiger partial charge in [-0.25, -0.2) is 0 Å². The molecule has 0 aliphatic heterocycles. The summed E-state index contributed by atoms with van der Waals surface area (Å²) >= 11 is 0. The molecular weight excluding hydrogens is 248 g/mol. The number of carbonyl (C=O) groups excluding carboxylic acids is 1. The Kier molecular flexibility index (Phi) is 3.70. The molecule has 0 fully saturated rings. The molecule has 6 nitrogen and oxygen atoms in total. The van der Waals surface area contributed by atoms with Crippen LogP contribution in [0.15, 0.2) is 24.4 Å². The summed E-state index contributed by atoms with van der Waals surface area (Å²) in [6.45, 7) is 0.113. The van der Waals surface area contributed by atoms with Crippen molar-refractivity contribution in [2.45, 2.75) is 12.8 Å². The predicted molar refractivity (Wildman–Crippen MR) is 68.9 cm³/mol. The zero-order valence-electron chi connectivity index (χ0n) is 10.1. The van der Waals surface area contributed by atoms with Crippen LogP contribution in [-0.2, 0) is 16.0 Å². The topological polar surface area (TPSA) is 102 Å². The molecule has 0 aliphatic carbocycles. The van der Waals surface area contributed by atoms with Gasteiger partial charge in [-0.1, -0.05) is 12.1 Å². The number of nitrogens with one attached hydrogen (secondary N) is 2. The van der Waals surface area contributed by atoms with Crippen molar-refractivity contribution in [3.05, 3.63) is 30.0 Å². The van der Waals surface area contributed by atoms with Crippen molar-refractivity contribution in [2.75, 3.05) is 6.54 Å². The smallest absolute Gasteiger partial charge is 0.305 e. The van der Waals surface area contributed by atoms with E-state index in [2.05, 4.69) is 10.3 Å².